The highest BCUT2D eigenvalue weighted by Gasteiger charge is 2.24. The van der Waals surface area contributed by atoms with Gasteiger partial charge in [0, 0.05) is 38.9 Å². The van der Waals surface area contributed by atoms with Gasteiger partial charge in [-0.3, -0.25) is 4.90 Å². The molecule has 0 aromatic heterocycles. The standard InChI is InChI=1S/C11H24N2O2/c1-3-14-6-4-5-13-8-11(7-12)15-9-10(13)2/h10-11H,3-9,12H2,1-2H3. The van der Waals surface area contributed by atoms with Crippen LogP contribution in [0.25, 0.3) is 0 Å². The summed E-state index contributed by atoms with van der Waals surface area (Å²) in [6, 6.07) is 0.509. The second kappa shape index (κ2) is 7.17. The lowest BCUT2D eigenvalue weighted by Gasteiger charge is -2.37. The van der Waals surface area contributed by atoms with Crippen molar-refractivity contribution in [2.24, 2.45) is 5.73 Å². The molecule has 4 heteroatoms. The molecule has 0 saturated carbocycles. The zero-order valence-corrected chi connectivity index (χ0v) is 9.95. The van der Waals surface area contributed by atoms with Crippen LogP contribution in [0.1, 0.15) is 20.3 Å². The number of ether oxygens (including phenoxy) is 2. The monoisotopic (exact) mass is 216 g/mol. The molecular weight excluding hydrogens is 192 g/mol. The van der Waals surface area contributed by atoms with Gasteiger partial charge in [0.05, 0.1) is 12.7 Å². The van der Waals surface area contributed by atoms with Crippen molar-refractivity contribution in [3.8, 4) is 0 Å². The van der Waals surface area contributed by atoms with Gasteiger partial charge in [-0.25, -0.2) is 0 Å². The Morgan fingerprint density at radius 3 is 3.00 bits per heavy atom. The summed E-state index contributed by atoms with van der Waals surface area (Å²) < 4.78 is 10.9. The van der Waals surface area contributed by atoms with Gasteiger partial charge >= 0.3 is 0 Å². The van der Waals surface area contributed by atoms with Gasteiger partial charge < -0.3 is 15.2 Å². The fourth-order valence-corrected chi connectivity index (χ4v) is 1.84. The van der Waals surface area contributed by atoms with Crippen LogP contribution in [0.3, 0.4) is 0 Å². The first-order valence-corrected chi connectivity index (χ1v) is 5.91. The Hall–Kier alpha value is -0.160. The summed E-state index contributed by atoms with van der Waals surface area (Å²) in [4.78, 5) is 2.44. The molecule has 2 unspecified atom stereocenters. The lowest BCUT2D eigenvalue weighted by Crippen LogP contribution is -2.50. The molecule has 0 aromatic rings. The van der Waals surface area contributed by atoms with E-state index in [1.165, 1.54) is 0 Å². The molecule has 4 nitrogen and oxygen atoms in total. The average molecular weight is 216 g/mol. The molecule has 1 fully saturated rings. The molecule has 1 aliphatic heterocycles. The molecule has 0 spiro atoms. The third kappa shape index (κ3) is 4.47. The van der Waals surface area contributed by atoms with Crippen molar-refractivity contribution in [3.63, 3.8) is 0 Å². The van der Waals surface area contributed by atoms with Crippen LogP contribution in [0.4, 0.5) is 0 Å². The van der Waals surface area contributed by atoms with Crippen molar-refractivity contribution in [3.05, 3.63) is 0 Å². The van der Waals surface area contributed by atoms with Gasteiger partial charge in [0.15, 0.2) is 0 Å². The molecule has 2 N–H and O–H groups in total. The summed E-state index contributed by atoms with van der Waals surface area (Å²) in [7, 11) is 0. The first-order chi connectivity index (χ1) is 7.27. The normalized spacial score (nSPS) is 28.2. The number of hydrogen-bond donors (Lipinski definition) is 1. The van der Waals surface area contributed by atoms with Gasteiger partial charge in [-0.2, -0.15) is 0 Å². The van der Waals surface area contributed by atoms with Crippen LogP contribution < -0.4 is 5.73 Å². The third-order valence-corrected chi connectivity index (χ3v) is 2.84. The fraction of sp³-hybridized carbons (Fsp3) is 1.00. The molecule has 0 aliphatic carbocycles. The summed E-state index contributed by atoms with van der Waals surface area (Å²) in [5.41, 5.74) is 5.61. The Bertz CT molecular complexity index is 167. The summed E-state index contributed by atoms with van der Waals surface area (Å²) >= 11 is 0. The third-order valence-electron chi connectivity index (χ3n) is 2.84. The SMILES string of the molecule is CCOCCCN1CC(CN)OCC1C. The van der Waals surface area contributed by atoms with Crippen LogP contribution in [0.5, 0.6) is 0 Å². The lowest BCUT2D eigenvalue weighted by atomic mass is 10.2. The van der Waals surface area contributed by atoms with Crippen LogP contribution in [0.15, 0.2) is 0 Å². The maximum atomic E-state index is 5.61. The van der Waals surface area contributed by atoms with E-state index in [-0.39, 0.29) is 6.10 Å². The van der Waals surface area contributed by atoms with E-state index in [0.717, 1.165) is 39.3 Å². The van der Waals surface area contributed by atoms with Crippen LogP contribution in [-0.4, -0.2) is 56.5 Å². The second-order valence-electron chi connectivity index (χ2n) is 4.09. The molecule has 0 amide bonds. The van der Waals surface area contributed by atoms with E-state index in [0.29, 0.717) is 12.6 Å². The largest absolute Gasteiger partial charge is 0.382 e. The van der Waals surface area contributed by atoms with Crippen LogP contribution >= 0.6 is 0 Å². The van der Waals surface area contributed by atoms with E-state index in [1.807, 2.05) is 6.92 Å². The Morgan fingerprint density at radius 2 is 2.33 bits per heavy atom. The Labute approximate surface area is 92.7 Å². The van der Waals surface area contributed by atoms with Crippen LogP contribution in [0, 0.1) is 0 Å². The van der Waals surface area contributed by atoms with Crippen molar-refractivity contribution >= 4 is 0 Å². The van der Waals surface area contributed by atoms with E-state index in [1.54, 1.807) is 0 Å². The number of morpholine rings is 1. The molecular formula is C11H24N2O2. The van der Waals surface area contributed by atoms with Crippen molar-refractivity contribution in [2.45, 2.75) is 32.4 Å². The first-order valence-electron chi connectivity index (χ1n) is 5.91. The summed E-state index contributed by atoms with van der Waals surface area (Å²) in [6.45, 7) is 9.36. The predicted molar refractivity (Wildman–Crippen MR) is 60.9 cm³/mol. The smallest absolute Gasteiger partial charge is 0.0824 e. The zero-order valence-electron chi connectivity index (χ0n) is 9.95. The number of rotatable bonds is 6. The molecule has 0 bridgehead atoms. The van der Waals surface area contributed by atoms with Gasteiger partial charge in [0.25, 0.3) is 0 Å². The molecule has 1 aliphatic rings. The summed E-state index contributed by atoms with van der Waals surface area (Å²) in [5.74, 6) is 0. The number of nitrogens with two attached hydrogens (primary N) is 1. The fourth-order valence-electron chi connectivity index (χ4n) is 1.84. The second-order valence-corrected chi connectivity index (χ2v) is 4.09. The minimum Gasteiger partial charge on any atom is -0.382 e. The van der Waals surface area contributed by atoms with Gasteiger partial charge in [-0.15, -0.1) is 0 Å². The molecule has 1 rings (SSSR count). The average Bonchev–Trinajstić information content (AvgIpc) is 2.26. The molecule has 15 heavy (non-hydrogen) atoms. The van der Waals surface area contributed by atoms with Crippen molar-refractivity contribution in [2.75, 3.05) is 39.5 Å². The molecule has 0 aromatic carbocycles. The van der Waals surface area contributed by atoms with Crippen molar-refractivity contribution in [1.29, 1.82) is 0 Å². The maximum absolute atomic E-state index is 5.61. The number of nitrogens with zero attached hydrogens (tertiary/aromatic N) is 1. The molecule has 1 heterocycles. The quantitative estimate of drug-likeness (QED) is 0.655. The van der Waals surface area contributed by atoms with Gasteiger partial charge in [-0.05, 0) is 20.3 Å². The molecule has 90 valence electrons. The van der Waals surface area contributed by atoms with E-state index >= 15 is 0 Å². The Kier molecular flexibility index (Phi) is 6.17. The highest BCUT2D eigenvalue weighted by molar-refractivity contribution is 4.77. The molecule has 1 saturated heterocycles. The first kappa shape index (κ1) is 12.9. The van der Waals surface area contributed by atoms with Crippen molar-refractivity contribution in [1.82, 2.24) is 4.90 Å². The Balaban J connectivity index is 2.19. The van der Waals surface area contributed by atoms with Crippen LogP contribution in [-0.2, 0) is 9.47 Å². The minimum absolute atomic E-state index is 0.216. The zero-order chi connectivity index (χ0) is 11.1. The van der Waals surface area contributed by atoms with Crippen molar-refractivity contribution < 1.29 is 9.47 Å². The summed E-state index contributed by atoms with van der Waals surface area (Å²) in [5, 5.41) is 0. The Morgan fingerprint density at radius 1 is 1.53 bits per heavy atom. The van der Waals surface area contributed by atoms with E-state index < -0.39 is 0 Å². The minimum atomic E-state index is 0.216. The van der Waals surface area contributed by atoms with Crippen LogP contribution in [0.2, 0.25) is 0 Å². The summed E-state index contributed by atoms with van der Waals surface area (Å²) in [6.07, 6.45) is 1.31. The molecule has 0 radical (unpaired) electrons. The topological polar surface area (TPSA) is 47.7 Å². The lowest BCUT2D eigenvalue weighted by molar-refractivity contribution is -0.0553. The van der Waals surface area contributed by atoms with Gasteiger partial charge in [0.1, 0.15) is 0 Å². The highest BCUT2D eigenvalue weighted by atomic mass is 16.5. The van der Waals surface area contributed by atoms with E-state index in [2.05, 4.69) is 11.8 Å². The number of hydrogen-bond acceptors (Lipinski definition) is 4. The molecule has 2 atom stereocenters. The van der Waals surface area contributed by atoms with E-state index in [9.17, 15) is 0 Å². The van der Waals surface area contributed by atoms with E-state index in [4.69, 9.17) is 15.2 Å². The van der Waals surface area contributed by atoms with Gasteiger partial charge in [0.2, 0.25) is 0 Å². The predicted octanol–water partition coefficient (Wildman–Crippen LogP) is 0.461. The highest BCUT2D eigenvalue weighted by Crippen LogP contribution is 2.11. The maximum Gasteiger partial charge on any atom is 0.0824 e. The van der Waals surface area contributed by atoms with Gasteiger partial charge in [-0.1, -0.05) is 0 Å².